The van der Waals surface area contributed by atoms with Gasteiger partial charge in [-0.2, -0.15) is 5.10 Å². The van der Waals surface area contributed by atoms with Crippen molar-refractivity contribution in [2.45, 2.75) is 13.8 Å². The van der Waals surface area contributed by atoms with Crippen molar-refractivity contribution in [3.8, 4) is 11.6 Å². The maximum absolute atomic E-state index is 10.6. The molecular formula is C15H15ClN2O3. The first kappa shape index (κ1) is 15.1. The largest absolute Gasteiger partial charge is 0.478 e. The van der Waals surface area contributed by atoms with E-state index >= 15 is 0 Å². The van der Waals surface area contributed by atoms with E-state index in [0.717, 1.165) is 17.3 Å². The number of carboxylic acids is 1. The summed E-state index contributed by atoms with van der Waals surface area (Å²) in [6.07, 6.45) is 2.54. The first-order chi connectivity index (χ1) is 9.88. The van der Waals surface area contributed by atoms with Crippen LogP contribution in [-0.2, 0) is 11.8 Å². The average molecular weight is 307 g/mol. The molecule has 0 spiro atoms. The fourth-order valence-electron chi connectivity index (χ4n) is 1.86. The van der Waals surface area contributed by atoms with Crippen molar-refractivity contribution in [1.29, 1.82) is 0 Å². The Morgan fingerprint density at radius 3 is 2.71 bits per heavy atom. The number of rotatable bonds is 4. The van der Waals surface area contributed by atoms with Crippen molar-refractivity contribution in [3.63, 3.8) is 0 Å². The molecule has 0 atom stereocenters. The molecule has 0 saturated heterocycles. The first-order valence-corrected chi connectivity index (χ1v) is 6.65. The lowest BCUT2D eigenvalue weighted by atomic mass is 10.2. The Hall–Kier alpha value is -2.27. The summed E-state index contributed by atoms with van der Waals surface area (Å²) in [7, 11) is 1.79. The summed E-state index contributed by atoms with van der Waals surface area (Å²) >= 11 is 6.13. The minimum Gasteiger partial charge on any atom is -0.478 e. The number of aromatic nitrogens is 2. The van der Waals surface area contributed by atoms with Crippen molar-refractivity contribution >= 4 is 23.6 Å². The zero-order valence-corrected chi connectivity index (χ0v) is 12.7. The maximum Gasteiger partial charge on any atom is 0.328 e. The average Bonchev–Trinajstić information content (AvgIpc) is 2.66. The molecule has 110 valence electrons. The highest BCUT2D eigenvalue weighted by molar-refractivity contribution is 6.32. The molecule has 0 aliphatic carbocycles. The predicted octanol–water partition coefficient (Wildman–Crippen LogP) is 3.58. The third-order valence-electron chi connectivity index (χ3n) is 3.04. The van der Waals surface area contributed by atoms with Gasteiger partial charge in [0.2, 0.25) is 5.88 Å². The minimum absolute atomic E-state index is 0.445. The Morgan fingerprint density at radius 1 is 1.43 bits per heavy atom. The number of hydrogen-bond acceptors (Lipinski definition) is 3. The van der Waals surface area contributed by atoms with E-state index in [4.69, 9.17) is 21.4 Å². The molecule has 21 heavy (non-hydrogen) atoms. The van der Waals surface area contributed by atoms with Crippen molar-refractivity contribution in [2.24, 2.45) is 7.05 Å². The number of hydrogen-bond donors (Lipinski definition) is 1. The Balaban J connectivity index is 2.35. The third kappa shape index (κ3) is 3.44. The summed E-state index contributed by atoms with van der Waals surface area (Å²) in [5, 5.41) is 13.4. The molecule has 1 heterocycles. The van der Waals surface area contributed by atoms with Crippen LogP contribution in [0.1, 0.15) is 16.8 Å². The van der Waals surface area contributed by atoms with Crippen LogP contribution in [0.2, 0.25) is 5.02 Å². The summed E-state index contributed by atoms with van der Waals surface area (Å²) < 4.78 is 7.47. The van der Waals surface area contributed by atoms with E-state index in [1.807, 2.05) is 13.8 Å². The summed E-state index contributed by atoms with van der Waals surface area (Å²) in [4.78, 5) is 10.6. The molecule has 0 fully saturated rings. The molecule has 0 bridgehead atoms. The van der Waals surface area contributed by atoms with Gasteiger partial charge in [0.25, 0.3) is 0 Å². The van der Waals surface area contributed by atoms with E-state index < -0.39 is 5.97 Å². The molecule has 2 aromatic rings. The second kappa shape index (κ2) is 6.01. The third-order valence-corrected chi connectivity index (χ3v) is 3.35. The van der Waals surface area contributed by atoms with Gasteiger partial charge in [-0.15, -0.1) is 0 Å². The highest BCUT2D eigenvalue weighted by atomic mass is 35.5. The van der Waals surface area contributed by atoms with Crippen LogP contribution in [0, 0.1) is 13.8 Å². The van der Waals surface area contributed by atoms with Crippen LogP contribution in [0.4, 0.5) is 0 Å². The molecular weight excluding hydrogens is 292 g/mol. The summed E-state index contributed by atoms with van der Waals surface area (Å²) in [5.41, 5.74) is 2.50. The number of carbonyl (C=O) groups is 1. The number of nitrogens with zero attached hydrogens (tertiary/aromatic N) is 2. The topological polar surface area (TPSA) is 64.4 Å². The van der Waals surface area contributed by atoms with Crippen LogP contribution in [0.3, 0.4) is 0 Å². The fraction of sp³-hybridized carbons (Fsp3) is 0.200. The molecule has 0 unspecified atom stereocenters. The summed E-state index contributed by atoms with van der Waals surface area (Å²) in [6, 6.07) is 5.07. The van der Waals surface area contributed by atoms with Gasteiger partial charge in [-0.3, -0.25) is 0 Å². The molecule has 0 aliphatic rings. The monoisotopic (exact) mass is 306 g/mol. The van der Waals surface area contributed by atoms with Gasteiger partial charge >= 0.3 is 5.97 Å². The molecule has 1 aromatic heterocycles. The van der Waals surface area contributed by atoms with Gasteiger partial charge in [0, 0.05) is 18.7 Å². The minimum atomic E-state index is -1.01. The highest BCUT2D eigenvalue weighted by Crippen LogP contribution is 2.32. The Kier molecular flexibility index (Phi) is 4.33. The molecule has 0 radical (unpaired) electrons. The number of benzene rings is 1. The number of aryl methyl sites for hydroxylation is 2. The Morgan fingerprint density at radius 2 is 2.14 bits per heavy atom. The van der Waals surface area contributed by atoms with Gasteiger partial charge in [-0.25, -0.2) is 9.48 Å². The van der Waals surface area contributed by atoms with Gasteiger partial charge in [0.05, 0.1) is 10.7 Å². The SMILES string of the molecule is Cc1nn(C)c(Oc2cc(/C=C/C(=O)O)ccc2Cl)c1C. The van der Waals surface area contributed by atoms with Crippen molar-refractivity contribution < 1.29 is 14.6 Å². The van der Waals surface area contributed by atoms with Gasteiger partial charge in [-0.05, 0) is 37.6 Å². The van der Waals surface area contributed by atoms with Crippen molar-refractivity contribution in [3.05, 3.63) is 46.1 Å². The summed E-state index contributed by atoms with van der Waals surface area (Å²) in [5.74, 6) is 0.0505. The van der Waals surface area contributed by atoms with E-state index in [2.05, 4.69) is 5.10 Å². The zero-order chi connectivity index (χ0) is 15.6. The predicted molar refractivity (Wildman–Crippen MR) is 80.9 cm³/mol. The van der Waals surface area contributed by atoms with E-state index in [1.54, 1.807) is 29.9 Å². The van der Waals surface area contributed by atoms with E-state index in [0.29, 0.717) is 22.2 Å². The first-order valence-electron chi connectivity index (χ1n) is 6.27. The number of halogens is 1. The van der Waals surface area contributed by atoms with Gasteiger partial charge in [0.1, 0.15) is 5.75 Å². The molecule has 5 nitrogen and oxygen atoms in total. The number of aliphatic carboxylic acids is 1. The van der Waals surface area contributed by atoms with Crippen LogP contribution in [-0.4, -0.2) is 20.9 Å². The molecule has 0 saturated carbocycles. The summed E-state index contributed by atoms with van der Waals surface area (Å²) in [6.45, 7) is 3.82. The molecule has 0 amide bonds. The van der Waals surface area contributed by atoms with Crippen LogP contribution in [0.5, 0.6) is 11.6 Å². The van der Waals surface area contributed by atoms with Gasteiger partial charge in [-0.1, -0.05) is 17.7 Å². The van der Waals surface area contributed by atoms with Crippen LogP contribution < -0.4 is 4.74 Å². The van der Waals surface area contributed by atoms with Crippen LogP contribution >= 0.6 is 11.6 Å². The zero-order valence-electron chi connectivity index (χ0n) is 11.9. The number of ether oxygens (including phenoxy) is 1. The van der Waals surface area contributed by atoms with E-state index in [-0.39, 0.29) is 0 Å². The standard InChI is InChI=1S/C15H15ClN2O3/c1-9-10(2)17-18(3)15(9)21-13-8-11(4-6-12(13)16)5-7-14(19)20/h4-8H,1-3H3,(H,19,20)/b7-5+. The molecule has 2 rings (SSSR count). The van der Waals surface area contributed by atoms with Gasteiger partial charge < -0.3 is 9.84 Å². The van der Waals surface area contributed by atoms with Crippen LogP contribution in [0.15, 0.2) is 24.3 Å². The Labute approximate surface area is 127 Å². The lowest BCUT2D eigenvalue weighted by Crippen LogP contribution is -1.96. The second-order valence-electron chi connectivity index (χ2n) is 4.60. The quantitative estimate of drug-likeness (QED) is 0.877. The molecule has 1 N–H and O–H groups in total. The van der Waals surface area contributed by atoms with E-state index in [9.17, 15) is 4.79 Å². The molecule has 0 aliphatic heterocycles. The second-order valence-corrected chi connectivity index (χ2v) is 5.01. The molecule has 1 aromatic carbocycles. The van der Waals surface area contributed by atoms with Crippen LogP contribution in [0.25, 0.3) is 6.08 Å². The fourth-order valence-corrected chi connectivity index (χ4v) is 2.02. The lowest BCUT2D eigenvalue weighted by Gasteiger charge is -2.09. The number of carboxylic acid groups (broad SMARTS) is 1. The Bertz CT molecular complexity index is 720. The smallest absolute Gasteiger partial charge is 0.328 e. The normalized spacial score (nSPS) is 11.0. The van der Waals surface area contributed by atoms with Gasteiger partial charge in [0.15, 0.2) is 0 Å². The van der Waals surface area contributed by atoms with Crippen molar-refractivity contribution in [2.75, 3.05) is 0 Å². The lowest BCUT2D eigenvalue weighted by molar-refractivity contribution is -0.131. The maximum atomic E-state index is 10.6. The van der Waals surface area contributed by atoms with Crippen molar-refractivity contribution in [1.82, 2.24) is 9.78 Å². The molecule has 6 heteroatoms. The highest BCUT2D eigenvalue weighted by Gasteiger charge is 2.13. The van der Waals surface area contributed by atoms with E-state index in [1.165, 1.54) is 6.08 Å².